The maximum absolute atomic E-state index is 14.3. The lowest BCUT2D eigenvalue weighted by Gasteiger charge is -2.11. The Morgan fingerprint density at radius 2 is 1.57 bits per heavy atom. The third-order valence-corrected chi connectivity index (χ3v) is 2.93. The highest BCUT2D eigenvalue weighted by atomic mass is 19.1. The number of carbonyl (C=O) groups is 3. The van der Waals surface area contributed by atoms with E-state index in [9.17, 15) is 23.2 Å². The van der Waals surface area contributed by atoms with Crippen LogP contribution in [0.3, 0.4) is 0 Å². The van der Waals surface area contributed by atoms with Gasteiger partial charge in [-0.3, -0.25) is 14.4 Å². The van der Waals surface area contributed by atoms with Crippen molar-refractivity contribution in [1.29, 1.82) is 0 Å². The Kier molecular flexibility index (Phi) is 4.80. The van der Waals surface area contributed by atoms with Gasteiger partial charge in [-0.05, 0) is 24.3 Å². The second-order valence-corrected chi connectivity index (χ2v) is 4.61. The number of ketones is 1. The molecule has 0 saturated carbocycles. The largest absolute Gasteiger partial charge is 0.319 e. The molecule has 5 nitrogen and oxygen atoms in total. The van der Waals surface area contributed by atoms with E-state index in [0.717, 1.165) is 19.1 Å². The number of carbonyl (C=O) groups excluding carboxylic acids is 3. The van der Waals surface area contributed by atoms with Crippen molar-refractivity contribution in [3.05, 3.63) is 59.7 Å². The Morgan fingerprint density at radius 3 is 2.17 bits per heavy atom. The SMILES string of the molecule is CC(=O)C(=O)Nc1c(F)ccc(NC(=O)c2ccccc2)c1F. The molecule has 0 aliphatic carbocycles. The molecule has 7 heteroatoms. The monoisotopic (exact) mass is 318 g/mol. The van der Waals surface area contributed by atoms with Crippen molar-refractivity contribution in [3.63, 3.8) is 0 Å². The van der Waals surface area contributed by atoms with Crippen LogP contribution in [0.25, 0.3) is 0 Å². The first-order chi connectivity index (χ1) is 10.9. The molecule has 2 aromatic carbocycles. The smallest absolute Gasteiger partial charge is 0.291 e. The first kappa shape index (κ1) is 16.3. The van der Waals surface area contributed by atoms with Gasteiger partial charge in [-0.25, -0.2) is 8.78 Å². The number of benzene rings is 2. The summed E-state index contributed by atoms with van der Waals surface area (Å²) in [6.45, 7) is 0.964. The summed E-state index contributed by atoms with van der Waals surface area (Å²) in [6, 6.07) is 9.92. The quantitative estimate of drug-likeness (QED) is 0.851. The van der Waals surface area contributed by atoms with Crippen molar-refractivity contribution >= 4 is 29.0 Å². The predicted molar refractivity (Wildman–Crippen MR) is 80.1 cm³/mol. The Balaban J connectivity index is 2.28. The van der Waals surface area contributed by atoms with Crippen LogP contribution in [0.15, 0.2) is 42.5 Å². The number of halogens is 2. The molecular weight excluding hydrogens is 306 g/mol. The molecule has 2 N–H and O–H groups in total. The predicted octanol–water partition coefficient (Wildman–Crippen LogP) is 2.74. The molecule has 0 spiro atoms. The summed E-state index contributed by atoms with van der Waals surface area (Å²) < 4.78 is 27.9. The minimum atomic E-state index is -1.18. The zero-order valence-corrected chi connectivity index (χ0v) is 12.0. The number of anilines is 2. The van der Waals surface area contributed by atoms with Crippen molar-refractivity contribution in [2.24, 2.45) is 0 Å². The van der Waals surface area contributed by atoms with Gasteiger partial charge in [0.2, 0.25) is 5.78 Å². The topological polar surface area (TPSA) is 75.3 Å². The minimum absolute atomic E-state index is 0.283. The third-order valence-electron chi connectivity index (χ3n) is 2.93. The van der Waals surface area contributed by atoms with Crippen molar-refractivity contribution in [2.45, 2.75) is 6.92 Å². The molecule has 0 saturated heterocycles. The van der Waals surface area contributed by atoms with Crippen LogP contribution in [0, 0.1) is 11.6 Å². The van der Waals surface area contributed by atoms with Gasteiger partial charge < -0.3 is 10.6 Å². The van der Waals surface area contributed by atoms with Crippen LogP contribution in [0.5, 0.6) is 0 Å². The molecule has 0 unspecified atom stereocenters. The summed E-state index contributed by atoms with van der Waals surface area (Å²) in [4.78, 5) is 34.2. The molecule has 0 bridgehead atoms. The van der Waals surface area contributed by atoms with Gasteiger partial charge in [-0.1, -0.05) is 18.2 Å². The normalized spacial score (nSPS) is 10.0. The van der Waals surface area contributed by atoms with Crippen molar-refractivity contribution < 1.29 is 23.2 Å². The van der Waals surface area contributed by atoms with Crippen LogP contribution in [0.4, 0.5) is 20.2 Å². The van der Waals surface area contributed by atoms with E-state index in [0.29, 0.717) is 0 Å². The first-order valence-corrected chi connectivity index (χ1v) is 6.56. The van der Waals surface area contributed by atoms with E-state index in [2.05, 4.69) is 5.32 Å². The molecule has 0 fully saturated rings. The first-order valence-electron chi connectivity index (χ1n) is 6.56. The van der Waals surface area contributed by atoms with Gasteiger partial charge in [-0.2, -0.15) is 0 Å². The van der Waals surface area contributed by atoms with Crippen LogP contribution in [0.1, 0.15) is 17.3 Å². The van der Waals surface area contributed by atoms with Gasteiger partial charge in [0.15, 0.2) is 5.82 Å². The summed E-state index contributed by atoms with van der Waals surface area (Å²) in [5, 5.41) is 4.12. The number of hydrogen-bond donors (Lipinski definition) is 2. The van der Waals surface area contributed by atoms with Crippen molar-refractivity contribution in [1.82, 2.24) is 0 Å². The van der Waals surface area contributed by atoms with Crippen LogP contribution in [-0.4, -0.2) is 17.6 Å². The highest BCUT2D eigenvalue weighted by Crippen LogP contribution is 2.26. The third kappa shape index (κ3) is 3.76. The van der Waals surface area contributed by atoms with Gasteiger partial charge in [0.05, 0.1) is 5.69 Å². The highest BCUT2D eigenvalue weighted by Gasteiger charge is 2.19. The lowest BCUT2D eigenvalue weighted by Crippen LogP contribution is -2.22. The molecule has 0 aliphatic rings. The number of hydrogen-bond acceptors (Lipinski definition) is 3. The van der Waals surface area contributed by atoms with Crippen LogP contribution < -0.4 is 10.6 Å². The number of amides is 2. The van der Waals surface area contributed by atoms with Crippen LogP contribution in [0.2, 0.25) is 0 Å². The van der Waals surface area contributed by atoms with Gasteiger partial charge in [0, 0.05) is 12.5 Å². The zero-order valence-electron chi connectivity index (χ0n) is 12.0. The average Bonchev–Trinajstić information content (AvgIpc) is 2.54. The maximum atomic E-state index is 14.3. The van der Waals surface area contributed by atoms with Crippen molar-refractivity contribution in [2.75, 3.05) is 10.6 Å². The number of rotatable bonds is 4. The van der Waals surface area contributed by atoms with E-state index in [1.165, 1.54) is 12.1 Å². The van der Waals surface area contributed by atoms with E-state index in [1.807, 2.05) is 5.32 Å². The fraction of sp³-hybridized carbons (Fsp3) is 0.0625. The molecular formula is C16H12F2N2O3. The van der Waals surface area contributed by atoms with E-state index < -0.39 is 34.9 Å². The van der Waals surface area contributed by atoms with E-state index >= 15 is 0 Å². The second kappa shape index (κ2) is 6.78. The fourth-order valence-electron chi connectivity index (χ4n) is 1.75. The molecule has 118 valence electrons. The van der Waals surface area contributed by atoms with Gasteiger partial charge >= 0.3 is 0 Å². The molecule has 0 aromatic heterocycles. The molecule has 0 atom stereocenters. The van der Waals surface area contributed by atoms with Crippen LogP contribution >= 0.6 is 0 Å². The second-order valence-electron chi connectivity index (χ2n) is 4.61. The molecule has 0 heterocycles. The summed E-state index contributed by atoms with van der Waals surface area (Å²) in [7, 11) is 0. The Morgan fingerprint density at radius 1 is 0.913 bits per heavy atom. The minimum Gasteiger partial charge on any atom is -0.319 e. The maximum Gasteiger partial charge on any atom is 0.291 e. The highest BCUT2D eigenvalue weighted by molar-refractivity contribution is 6.39. The fourth-order valence-corrected chi connectivity index (χ4v) is 1.75. The zero-order chi connectivity index (χ0) is 17.0. The van der Waals surface area contributed by atoms with Gasteiger partial charge in [0.1, 0.15) is 11.5 Å². The number of Topliss-reactive ketones (excluding diaryl/α,β-unsaturated/α-hetero) is 1. The lowest BCUT2D eigenvalue weighted by atomic mass is 10.2. The Bertz CT molecular complexity index is 776. The molecule has 2 aromatic rings. The average molecular weight is 318 g/mol. The van der Waals surface area contributed by atoms with Crippen molar-refractivity contribution in [3.8, 4) is 0 Å². The van der Waals surface area contributed by atoms with E-state index in [1.54, 1.807) is 18.2 Å². The van der Waals surface area contributed by atoms with E-state index in [4.69, 9.17) is 0 Å². The Hall–Kier alpha value is -3.09. The molecule has 23 heavy (non-hydrogen) atoms. The number of nitrogens with one attached hydrogen (secondary N) is 2. The summed E-state index contributed by atoms with van der Waals surface area (Å²) in [5.41, 5.74) is -0.833. The van der Waals surface area contributed by atoms with Gasteiger partial charge in [0.25, 0.3) is 11.8 Å². The van der Waals surface area contributed by atoms with E-state index in [-0.39, 0.29) is 11.3 Å². The summed E-state index contributed by atoms with van der Waals surface area (Å²) in [6.07, 6.45) is 0. The summed E-state index contributed by atoms with van der Waals surface area (Å²) in [5.74, 6) is -4.89. The summed E-state index contributed by atoms with van der Waals surface area (Å²) >= 11 is 0. The van der Waals surface area contributed by atoms with Crippen LogP contribution in [-0.2, 0) is 9.59 Å². The lowest BCUT2D eigenvalue weighted by molar-refractivity contribution is -0.133. The molecule has 2 rings (SSSR count). The molecule has 2 amide bonds. The van der Waals surface area contributed by atoms with Gasteiger partial charge in [-0.15, -0.1) is 0 Å². The standard InChI is InChI=1S/C16H12F2N2O3/c1-9(21)15(22)20-14-11(17)7-8-12(13(14)18)19-16(23)10-5-3-2-4-6-10/h2-8H,1H3,(H,19,23)(H,20,22). The Labute approximate surface area is 130 Å². The molecule has 0 aliphatic heterocycles. The molecule has 0 radical (unpaired) electrons.